The van der Waals surface area contributed by atoms with Crippen molar-refractivity contribution in [1.29, 1.82) is 0 Å². The second-order valence-corrected chi connectivity index (χ2v) is 5.98. The van der Waals surface area contributed by atoms with Gasteiger partial charge in [-0.25, -0.2) is 0 Å². The summed E-state index contributed by atoms with van der Waals surface area (Å²) in [6.45, 7) is 8.34. The van der Waals surface area contributed by atoms with Crippen molar-refractivity contribution in [2.75, 3.05) is 6.54 Å². The molecule has 0 bridgehead atoms. The van der Waals surface area contributed by atoms with Gasteiger partial charge in [0.25, 0.3) is 0 Å². The maximum atomic E-state index is 3.76. The van der Waals surface area contributed by atoms with Gasteiger partial charge < -0.3 is 5.32 Å². The number of rotatable bonds is 7. The lowest BCUT2D eigenvalue weighted by Crippen LogP contribution is -2.36. The van der Waals surface area contributed by atoms with Crippen LogP contribution in [0.1, 0.15) is 72.1 Å². The Balaban J connectivity index is 1.99. The smallest absolute Gasteiger partial charge is 0.00721 e. The first-order chi connectivity index (χ1) is 7.72. The lowest BCUT2D eigenvalue weighted by atomic mass is 9.80. The Morgan fingerprint density at radius 3 is 2.12 bits per heavy atom. The predicted octanol–water partition coefficient (Wildman–Crippen LogP) is 4.37. The van der Waals surface area contributed by atoms with Crippen molar-refractivity contribution in [1.82, 2.24) is 5.32 Å². The summed E-state index contributed by atoms with van der Waals surface area (Å²) >= 11 is 0. The van der Waals surface area contributed by atoms with Gasteiger partial charge in [0.15, 0.2) is 0 Å². The number of nitrogens with one attached hydrogen (secondary N) is 1. The topological polar surface area (TPSA) is 12.0 Å². The van der Waals surface area contributed by atoms with Crippen LogP contribution in [-0.2, 0) is 0 Å². The van der Waals surface area contributed by atoms with Crippen molar-refractivity contribution in [2.45, 2.75) is 78.2 Å². The summed E-state index contributed by atoms with van der Waals surface area (Å²) in [6, 6.07) is 0.810. The first-order valence-electron chi connectivity index (χ1n) is 7.45. The maximum absolute atomic E-state index is 3.76. The molecular formula is C15H31N. The molecule has 1 saturated carbocycles. The Labute approximate surface area is 102 Å². The molecule has 96 valence electrons. The Morgan fingerprint density at radius 2 is 1.50 bits per heavy atom. The van der Waals surface area contributed by atoms with Crippen LogP contribution in [0.15, 0.2) is 0 Å². The SMILES string of the molecule is CCCCCCCNC1CC(C)CC(C)C1. The Morgan fingerprint density at radius 1 is 0.875 bits per heavy atom. The molecule has 1 aliphatic carbocycles. The van der Waals surface area contributed by atoms with Crippen LogP contribution in [0.25, 0.3) is 0 Å². The molecule has 0 aromatic rings. The van der Waals surface area contributed by atoms with Gasteiger partial charge in [0.1, 0.15) is 0 Å². The molecule has 1 N–H and O–H groups in total. The van der Waals surface area contributed by atoms with Gasteiger partial charge in [-0.05, 0) is 44.1 Å². The quantitative estimate of drug-likeness (QED) is 0.634. The van der Waals surface area contributed by atoms with Crippen LogP contribution in [0.5, 0.6) is 0 Å². The molecule has 2 atom stereocenters. The van der Waals surface area contributed by atoms with E-state index < -0.39 is 0 Å². The van der Waals surface area contributed by atoms with E-state index in [0.717, 1.165) is 17.9 Å². The zero-order valence-corrected chi connectivity index (χ0v) is 11.6. The minimum absolute atomic E-state index is 0.810. The minimum atomic E-state index is 0.810. The van der Waals surface area contributed by atoms with E-state index in [4.69, 9.17) is 0 Å². The van der Waals surface area contributed by atoms with E-state index in [1.54, 1.807) is 0 Å². The highest BCUT2D eigenvalue weighted by molar-refractivity contribution is 4.79. The standard InChI is InChI=1S/C15H31N/c1-4-5-6-7-8-9-16-15-11-13(2)10-14(3)12-15/h13-16H,4-12H2,1-3H3. The van der Waals surface area contributed by atoms with Crippen molar-refractivity contribution < 1.29 is 0 Å². The summed E-state index contributed by atoms with van der Waals surface area (Å²) in [5.74, 6) is 1.86. The fourth-order valence-corrected chi connectivity index (χ4v) is 3.15. The van der Waals surface area contributed by atoms with Crippen molar-refractivity contribution in [3.8, 4) is 0 Å². The average molecular weight is 225 g/mol. The van der Waals surface area contributed by atoms with Gasteiger partial charge in [-0.2, -0.15) is 0 Å². The largest absolute Gasteiger partial charge is 0.314 e. The Kier molecular flexibility index (Phi) is 7.11. The number of hydrogen-bond acceptors (Lipinski definition) is 1. The fraction of sp³-hybridized carbons (Fsp3) is 1.00. The third kappa shape index (κ3) is 5.89. The van der Waals surface area contributed by atoms with E-state index in [1.165, 1.54) is 57.9 Å². The third-order valence-corrected chi connectivity index (χ3v) is 3.89. The summed E-state index contributed by atoms with van der Waals surface area (Å²) in [5, 5.41) is 3.76. The molecule has 1 nitrogen and oxygen atoms in total. The van der Waals surface area contributed by atoms with E-state index in [9.17, 15) is 0 Å². The molecule has 1 rings (SSSR count). The molecule has 1 fully saturated rings. The van der Waals surface area contributed by atoms with Crippen LogP contribution in [0.2, 0.25) is 0 Å². The first kappa shape index (κ1) is 14.0. The van der Waals surface area contributed by atoms with Crippen molar-refractivity contribution in [3.05, 3.63) is 0 Å². The lowest BCUT2D eigenvalue weighted by molar-refractivity contribution is 0.238. The van der Waals surface area contributed by atoms with E-state index in [0.29, 0.717) is 0 Å². The van der Waals surface area contributed by atoms with E-state index >= 15 is 0 Å². The van der Waals surface area contributed by atoms with Crippen LogP contribution in [0, 0.1) is 11.8 Å². The molecule has 0 saturated heterocycles. The molecule has 0 aromatic carbocycles. The molecule has 1 heteroatoms. The fourth-order valence-electron chi connectivity index (χ4n) is 3.15. The molecule has 0 aliphatic heterocycles. The molecule has 0 heterocycles. The Hall–Kier alpha value is -0.0400. The molecule has 0 spiro atoms. The van der Waals surface area contributed by atoms with Gasteiger partial charge >= 0.3 is 0 Å². The maximum Gasteiger partial charge on any atom is 0.00721 e. The summed E-state index contributed by atoms with van der Waals surface area (Å²) in [6.07, 6.45) is 11.2. The highest BCUT2D eigenvalue weighted by Crippen LogP contribution is 2.28. The molecule has 0 radical (unpaired) electrons. The highest BCUT2D eigenvalue weighted by Gasteiger charge is 2.22. The molecule has 2 unspecified atom stereocenters. The zero-order valence-electron chi connectivity index (χ0n) is 11.6. The summed E-state index contributed by atoms with van der Waals surface area (Å²) in [7, 11) is 0. The third-order valence-electron chi connectivity index (χ3n) is 3.89. The molecule has 0 amide bonds. The highest BCUT2D eigenvalue weighted by atomic mass is 14.9. The van der Waals surface area contributed by atoms with E-state index in [1.807, 2.05) is 0 Å². The lowest BCUT2D eigenvalue weighted by Gasteiger charge is -2.32. The van der Waals surface area contributed by atoms with Gasteiger partial charge in [-0.1, -0.05) is 46.5 Å². The monoisotopic (exact) mass is 225 g/mol. The van der Waals surface area contributed by atoms with Gasteiger partial charge in [0.05, 0.1) is 0 Å². The van der Waals surface area contributed by atoms with E-state index in [-0.39, 0.29) is 0 Å². The first-order valence-corrected chi connectivity index (χ1v) is 7.45. The second-order valence-electron chi connectivity index (χ2n) is 5.98. The molecule has 1 aliphatic rings. The Bertz CT molecular complexity index is 157. The molecular weight excluding hydrogens is 194 g/mol. The van der Waals surface area contributed by atoms with Crippen molar-refractivity contribution in [3.63, 3.8) is 0 Å². The van der Waals surface area contributed by atoms with Crippen molar-refractivity contribution in [2.24, 2.45) is 11.8 Å². The van der Waals surface area contributed by atoms with Crippen LogP contribution in [-0.4, -0.2) is 12.6 Å². The average Bonchev–Trinajstić information content (AvgIpc) is 2.22. The van der Waals surface area contributed by atoms with Crippen LogP contribution >= 0.6 is 0 Å². The van der Waals surface area contributed by atoms with Crippen LogP contribution in [0.3, 0.4) is 0 Å². The van der Waals surface area contributed by atoms with Crippen LogP contribution < -0.4 is 5.32 Å². The van der Waals surface area contributed by atoms with Gasteiger partial charge in [0, 0.05) is 6.04 Å². The van der Waals surface area contributed by atoms with Crippen molar-refractivity contribution >= 4 is 0 Å². The summed E-state index contributed by atoms with van der Waals surface area (Å²) < 4.78 is 0. The summed E-state index contributed by atoms with van der Waals surface area (Å²) in [4.78, 5) is 0. The summed E-state index contributed by atoms with van der Waals surface area (Å²) in [5.41, 5.74) is 0. The number of unbranched alkanes of at least 4 members (excludes halogenated alkanes) is 4. The number of hydrogen-bond donors (Lipinski definition) is 1. The van der Waals surface area contributed by atoms with Gasteiger partial charge in [-0.3, -0.25) is 0 Å². The molecule has 16 heavy (non-hydrogen) atoms. The van der Waals surface area contributed by atoms with Gasteiger partial charge in [-0.15, -0.1) is 0 Å². The normalized spacial score (nSPS) is 30.6. The second kappa shape index (κ2) is 8.11. The van der Waals surface area contributed by atoms with E-state index in [2.05, 4.69) is 26.1 Å². The van der Waals surface area contributed by atoms with Crippen LogP contribution in [0.4, 0.5) is 0 Å². The van der Waals surface area contributed by atoms with Gasteiger partial charge in [0.2, 0.25) is 0 Å². The predicted molar refractivity (Wildman–Crippen MR) is 72.7 cm³/mol. The molecule has 0 aromatic heterocycles. The minimum Gasteiger partial charge on any atom is -0.314 e. The zero-order chi connectivity index (χ0) is 11.8.